The van der Waals surface area contributed by atoms with E-state index in [0.29, 0.717) is 10.5 Å². The molecule has 0 aliphatic heterocycles. The molecule has 0 aliphatic carbocycles. The van der Waals surface area contributed by atoms with E-state index in [2.05, 4.69) is 9.99 Å². The molecular weight excluding hydrogens is 423 g/mol. The topological polar surface area (TPSA) is 98.9 Å². The smallest absolute Gasteiger partial charge is 0.318 e. The van der Waals surface area contributed by atoms with Crippen molar-refractivity contribution in [3.63, 3.8) is 0 Å². The largest absolute Gasteiger partial charge is 0.332 e. The zero-order valence-electron chi connectivity index (χ0n) is 16.2. The number of nitrogens with zero attached hydrogens (tertiary/aromatic N) is 2. The number of carbonyl (C=O) groups excluding carboxylic acids is 2. The highest BCUT2D eigenvalue weighted by molar-refractivity contribution is 7.99. The molecule has 9 heteroatoms. The number of Topliss-reactive ketones (excluding diaryl/α,β-unsaturated/α-hetero) is 1. The van der Waals surface area contributed by atoms with Crippen LogP contribution in [-0.2, 0) is 9.63 Å². The van der Waals surface area contributed by atoms with Gasteiger partial charge in [-0.3, -0.25) is 14.9 Å². The number of benzene rings is 3. The van der Waals surface area contributed by atoms with Gasteiger partial charge in [0.1, 0.15) is 5.82 Å². The highest BCUT2D eigenvalue weighted by Crippen LogP contribution is 2.31. The van der Waals surface area contributed by atoms with E-state index in [1.807, 2.05) is 0 Å². The minimum Gasteiger partial charge on any atom is -0.318 e. The molecule has 0 heterocycles. The fourth-order valence-electron chi connectivity index (χ4n) is 2.56. The molecular formula is C22H15FN2O5S. The first kappa shape index (κ1) is 21.8. The van der Waals surface area contributed by atoms with Gasteiger partial charge in [-0.2, -0.15) is 0 Å². The van der Waals surface area contributed by atoms with Crippen LogP contribution in [0.4, 0.5) is 10.1 Å². The van der Waals surface area contributed by atoms with Crippen LogP contribution in [0.1, 0.15) is 22.8 Å². The molecule has 0 spiro atoms. The molecule has 0 atom stereocenters. The summed E-state index contributed by atoms with van der Waals surface area (Å²) in [5, 5.41) is 14.4. The molecule has 0 fully saturated rings. The first-order valence-corrected chi connectivity index (χ1v) is 9.74. The number of non-ortho nitro benzene ring substituents is 1. The summed E-state index contributed by atoms with van der Waals surface area (Å²) in [7, 11) is 0. The van der Waals surface area contributed by atoms with Gasteiger partial charge in [0.15, 0.2) is 5.71 Å². The minimum absolute atomic E-state index is 0.0281. The van der Waals surface area contributed by atoms with E-state index in [9.17, 15) is 24.1 Å². The van der Waals surface area contributed by atoms with Gasteiger partial charge >= 0.3 is 5.97 Å². The predicted molar refractivity (Wildman–Crippen MR) is 113 cm³/mol. The molecule has 7 nitrogen and oxygen atoms in total. The maximum atomic E-state index is 14.7. The molecule has 3 aromatic rings. The lowest BCUT2D eigenvalue weighted by molar-refractivity contribution is -0.384. The number of rotatable bonds is 7. The van der Waals surface area contributed by atoms with E-state index in [1.54, 1.807) is 30.3 Å². The monoisotopic (exact) mass is 438 g/mol. The molecule has 3 rings (SSSR count). The zero-order valence-corrected chi connectivity index (χ0v) is 17.0. The van der Waals surface area contributed by atoms with Crippen LogP contribution in [0, 0.1) is 15.9 Å². The van der Waals surface area contributed by atoms with Crippen molar-refractivity contribution in [3.05, 3.63) is 99.9 Å². The van der Waals surface area contributed by atoms with Crippen LogP contribution in [0.15, 0.2) is 87.7 Å². The van der Waals surface area contributed by atoms with Gasteiger partial charge in [0.2, 0.25) is 5.78 Å². The van der Waals surface area contributed by atoms with Gasteiger partial charge in [-0.05, 0) is 30.3 Å². The van der Waals surface area contributed by atoms with Crippen molar-refractivity contribution in [2.45, 2.75) is 16.7 Å². The molecule has 0 saturated heterocycles. The summed E-state index contributed by atoms with van der Waals surface area (Å²) >= 11 is 1.07. The Bertz CT molecular complexity index is 1160. The first-order valence-electron chi connectivity index (χ1n) is 8.92. The van der Waals surface area contributed by atoms with Crippen molar-refractivity contribution in [1.29, 1.82) is 0 Å². The average Bonchev–Trinajstić information content (AvgIpc) is 2.76. The van der Waals surface area contributed by atoms with Crippen molar-refractivity contribution < 1.29 is 23.7 Å². The number of carbonyl (C=O) groups is 2. The number of hydrogen-bond donors (Lipinski definition) is 0. The Balaban J connectivity index is 1.86. The summed E-state index contributed by atoms with van der Waals surface area (Å²) in [5.74, 6) is -1.95. The van der Waals surface area contributed by atoms with E-state index in [0.717, 1.165) is 24.8 Å². The lowest BCUT2D eigenvalue weighted by Crippen LogP contribution is -2.17. The molecule has 156 valence electrons. The SMILES string of the molecule is CC(=O)O/N=C(/C(=O)c1ccc(Sc2ccc([N+](=O)[O-])cc2)c(F)c1)c1ccccc1. The molecule has 0 amide bonds. The van der Waals surface area contributed by atoms with E-state index < -0.39 is 22.5 Å². The number of ketones is 1. The molecule has 0 saturated carbocycles. The van der Waals surface area contributed by atoms with Crippen LogP contribution in [-0.4, -0.2) is 22.4 Å². The van der Waals surface area contributed by atoms with E-state index in [1.165, 1.54) is 36.4 Å². The normalized spacial score (nSPS) is 11.1. The maximum Gasteiger partial charge on any atom is 0.332 e. The Kier molecular flexibility index (Phi) is 6.88. The second-order valence-corrected chi connectivity index (χ2v) is 7.33. The minimum atomic E-state index is -0.692. The molecule has 0 aliphatic rings. The fraction of sp³-hybridized carbons (Fsp3) is 0.0455. The third-order valence-corrected chi connectivity index (χ3v) is 5.06. The van der Waals surface area contributed by atoms with Gasteiger partial charge in [-0.25, -0.2) is 9.18 Å². The standard InChI is InChI=1S/C22H15FN2O5S/c1-14(26)30-24-21(15-5-3-2-4-6-15)22(27)16-7-12-20(19(23)13-16)31-18-10-8-17(9-11-18)25(28)29/h2-13H,1H3/b24-21+. The van der Waals surface area contributed by atoms with Gasteiger partial charge in [0, 0.05) is 40.0 Å². The Morgan fingerprint density at radius 1 is 1.00 bits per heavy atom. The van der Waals surface area contributed by atoms with E-state index in [4.69, 9.17) is 0 Å². The summed E-state index contributed by atoms with van der Waals surface area (Å²) in [6.45, 7) is 1.15. The molecule has 31 heavy (non-hydrogen) atoms. The quantitative estimate of drug-likeness (QED) is 0.169. The summed E-state index contributed by atoms with van der Waals surface area (Å²) in [5.41, 5.74) is 0.246. The van der Waals surface area contributed by atoms with E-state index >= 15 is 0 Å². The number of nitro groups is 1. The molecule has 0 N–H and O–H groups in total. The van der Waals surface area contributed by atoms with Crippen LogP contribution in [0.25, 0.3) is 0 Å². The highest BCUT2D eigenvalue weighted by atomic mass is 32.2. The number of nitro benzene ring substituents is 1. The van der Waals surface area contributed by atoms with Crippen LogP contribution >= 0.6 is 11.8 Å². The van der Waals surface area contributed by atoms with Crippen molar-refractivity contribution in [2.75, 3.05) is 0 Å². The van der Waals surface area contributed by atoms with Gasteiger partial charge in [-0.1, -0.05) is 47.2 Å². The highest BCUT2D eigenvalue weighted by Gasteiger charge is 2.19. The van der Waals surface area contributed by atoms with Crippen LogP contribution in [0.5, 0.6) is 0 Å². The lowest BCUT2D eigenvalue weighted by Gasteiger charge is -2.08. The van der Waals surface area contributed by atoms with Crippen molar-refractivity contribution in [1.82, 2.24) is 0 Å². The van der Waals surface area contributed by atoms with Crippen LogP contribution in [0.2, 0.25) is 0 Å². The van der Waals surface area contributed by atoms with Crippen LogP contribution in [0.3, 0.4) is 0 Å². The molecule has 3 aromatic carbocycles. The van der Waals surface area contributed by atoms with Gasteiger partial charge in [0.25, 0.3) is 5.69 Å². The summed E-state index contributed by atoms with van der Waals surface area (Å²) in [4.78, 5) is 39.8. The molecule has 0 unspecified atom stereocenters. The van der Waals surface area contributed by atoms with Crippen molar-refractivity contribution in [3.8, 4) is 0 Å². The zero-order chi connectivity index (χ0) is 22.4. The fourth-order valence-corrected chi connectivity index (χ4v) is 3.37. The summed E-state index contributed by atoms with van der Waals surface area (Å²) in [6.07, 6.45) is 0. The van der Waals surface area contributed by atoms with E-state index in [-0.39, 0.29) is 21.9 Å². The van der Waals surface area contributed by atoms with Crippen molar-refractivity contribution in [2.24, 2.45) is 5.16 Å². The van der Waals surface area contributed by atoms with Crippen molar-refractivity contribution >= 4 is 34.9 Å². The molecule has 0 bridgehead atoms. The Morgan fingerprint density at radius 3 is 2.26 bits per heavy atom. The number of hydrogen-bond acceptors (Lipinski definition) is 7. The van der Waals surface area contributed by atoms with Gasteiger partial charge < -0.3 is 4.84 Å². The summed E-state index contributed by atoms with van der Waals surface area (Å²) < 4.78 is 14.7. The first-order chi connectivity index (χ1) is 14.8. The predicted octanol–water partition coefficient (Wildman–Crippen LogP) is 5.04. The van der Waals surface area contributed by atoms with Crippen LogP contribution < -0.4 is 0 Å². The van der Waals surface area contributed by atoms with Gasteiger partial charge in [0.05, 0.1) is 4.92 Å². The Morgan fingerprint density at radius 2 is 1.68 bits per heavy atom. The Labute approximate surface area is 180 Å². The molecule has 0 aromatic heterocycles. The maximum absolute atomic E-state index is 14.7. The van der Waals surface area contributed by atoms with Gasteiger partial charge in [-0.15, -0.1) is 0 Å². The Hall–Kier alpha value is -3.85. The number of halogens is 1. The second-order valence-electron chi connectivity index (χ2n) is 6.22. The second kappa shape index (κ2) is 9.77. The third-order valence-electron chi connectivity index (χ3n) is 4.00. The average molecular weight is 438 g/mol. The lowest BCUT2D eigenvalue weighted by atomic mass is 10.0. The summed E-state index contributed by atoms with van der Waals surface area (Å²) in [6, 6.07) is 18.0. The molecule has 0 radical (unpaired) electrons. The number of oxime groups is 1. The third kappa shape index (κ3) is 5.61.